The first-order valence-electron chi connectivity index (χ1n) is 22.1. The third-order valence-electron chi connectivity index (χ3n) is 12.7. The molecule has 2 aliphatic heterocycles. The first-order chi connectivity index (χ1) is 30.2. The molecule has 8 rings (SSSR count). The number of aromatic amines is 2. The van der Waals surface area contributed by atoms with Crippen LogP contribution in [0.2, 0.25) is 0 Å². The second-order valence-electron chi connectivity index (χ2n) is 16.4. The molecule has 4 heterocycles. The predicted octanol–water partition coefficient (Wildman–Crippen LogP) is 7.57. The second kappa shape index (κ2) is 19.0. The van der Waals surface area contributed by atoms with Gasteiger partial charge in [0.2, 0.25) is 11.8 Å². The summed E-state index contributed by atoms with van der Waals surface area (Å²) in [7, 11) is 0. The quantitative estimate of drug-likeness (QED) is 0.0830. The fraction of sp³-hybridized carbons (Fsp3) is 0.360. The van der Waals surface area contributed by atoms with Crippen molar-refractivity contribution in [3.63, 3.8) is 0 Å². The van der Waals surface area contributed by atoms with Crippen LogP contribution >= 0.6 is 0 Å². The Balaban J connectivity index is 0.952. The molecule has 0 unspecified atom stereocenters. The van der Waals surface area contributed by atoms with Gasteiger partial charge in [-0.15, -0.1) is 0 Å². The van der Waals surface area contributed by atoms with Gasteiger partial charge in [-0.2, -0.15) is 0 Å². The summed E-state index contributed by atoms with van der Waals surface area (Å²) >= 11 is 0. The van der Waals surface area contributed by atoms with Crippen LogP contribution in [0, 0.1) is 0 Å². The molecule has 12 nitrogen and oxygen atoms in total. The number of imidazole rings is 2. The summed E-state index contributed by atoms with van der Waals surface area (Å²) in [4.78, 5) is 52.9. The summed E-state index contributed by atoms with van der Waals surface area (Å²) in [6.07, 6.45) is 3.17. The summed E-state index contributed by atoms with van der Waals surface area (Å²) in [5, 5.41) is 21.6. The van der Waals surface area contributed by atoms with Crippen LogP contribution in [0.15, 0.2) is 122 Å². The van der Waals surface area contributed by atoms with Gasteiger partial charge in [0.1, 0.15) is 23.7 Å². The van der Waals surface area contributed by atoms with Crippen LogP contribution in [0.25, 0.3) is 33.6 Å². The Bertz CT molecular complexity index is 2220. The number of carbonyl (C=O) groups is 2. The number of likely N-dealkylation sites (N-methyl/N-ethyl adjacent to an activating group) is 2. The van der Waals surface area contributed by atoms with Crippen LogP contribution in [0.4, 0.5) is 0 Å². The highest BCUT2D eigenvalue weighted by Gasteiger charge is 2.43. The van der Waals surface area contributed by atoms with Crippen LogP contribution in [0.5, 0.6) is 0 Å². The highest BCUT2D eigenvalue weighted by atomic mass is 16.3. The standard InChI is InChI=1S/C50H58N8O4/c1-5-55(6-2)45(37-15-11-9-12-16-37)49(61)57-31-39(59)27-43(57)47-51-29-41(53-47)35-23-19-33(20-24-35)34-21-25-36(26-22-34)42-30-52-48(54-42)44-28-40(60)32-58(44)50(62)46(56(7-3)8-4)38-17-13-10-14-18-38/h9-26,29-30,39-40,43-46,59-60H,5-8,27-28,31-32H2,1-4H3,(H,51,53)(H,52,54)/t39-,40-,43-,44-,45+,46+/m0/s1. The van der Waals surface area contributed by atoms with Crippen LogP contribution in [0.3, 0.4) is 0 Å². The minimum Gasteiger partial charge on any atom is -0.391 e. The Labute approximate surface area is 364 Å². The zero-order valence-electron chi connectivity index (χ0n) is 36.1. The number of β-amino-alcohol motifs (C(OH)–C–C–N with tert-alkyl or cyclic N) is 2. The number of hydrogen-bond donors (Lipinski definition) is 4. The van der Waals surface area contributed by atoms with Gasteiger partial charge in [-0.05, 0) is 59.6 Å². The molecule has 2 saturated heterocycles. The van der Waals surface area contributed by atoms with Crippen molar-refractivity contribution in [2.24, 2.45) is 0 Å². The monoisotopic (exact) mass is 834 g/mol. The maximum Gasteiger partial charge on any atom is 0.245 e. The number of rotatable bonds is 15. The fourth-order valence-electron chi connectivity index (χ4n) is 9.40. The largest absolute Gasteiger partial charge is 0.391 e. The lowest BCUT2D eigenvalue weighted by Gasteiger charge is -2.34. The number of amides is 2. The zero-order chi connectivity index (χ0) is 43.3. The van der Waals surface area contributed by atoms with E-state index in [2.05, 4.69) is 96.0 Å². The normalized spacial score (nSPS) is 20.0. The van der Waals surface area contributed by atoms with Gasteiger partial charge in [0.15, 0.2) is 0 Å². The molecule has 2 amide bonds. The molecule has 4 aromatic carbocycles. The minimum atomic E-state index is -0.634. The average Bonchev–Trinajstić information content (AvgIpc) is 4.15. The molecule has 6 aromatic rings. The molecule has 0 spiro atoms. The molecule has 0 saturated carbocycles. The molecule has 6 atom stereocenters. The smallest absolute Gasteiger partial charge is 0.245 e. The molecule has 2 fully saturated rings. The van der Waals surface area contributed by atoms with E-state index in [1.807, 2.05) is 60.7 Å². The Kier molecular flexibility index (Phi) is 13.1. The van der Waals surface area contributed by atoms with Gasteiger partial charge in [-0.1, -0.05) is 137 Å². The van der Waals surface area contributed by atoms with Crippen molar-refractivity contribution in [1.29, 1.82) is 0 Å². The number of aliphatic hydroxyl groups is 2. The maximum atomic E-state index is 14.3. The van der Waals surface area contributed by atoms with Gasteiger partial charge in [-0.3, -0.25) is 19.4 Å². The molecular formula is C50H58N8O4. The lowest BCUT2D eigenvalue weighted by Crippen LogP contribution is -2.43. The van der Waals surface area contributed by atoms with E-state index in [0.717, 1.165) is 70.9 Å². The second-order valence-corrected chi connectivity index (χ2v) is 16.4. The number of carbonyl (C=O) groups excluding carboxylic acids is 2. The van der Waals surface area contributed by atoms with Crippen molar-refractivity contribution in [3.05, 3.63) is 144 Å². The summed E-state index contributed by atoms with van der Waals surface area (Å²) in [5.74, 6) is 1.27. The molecule has 2 aliphatic rings. The van der Waals surface area contributed by atoms with Crippen molar-refractivity contribution < 1.29 is 19.8 Å². The van der Waals surface area contributed by atoms with E-state index >= 15 is 0 Å². The van der Waals surface area contributed by atoms with E-state index in [9.17, 15) is 19.8 Å². The van der Waals surface area contributed by atoms with E-state index in [1.54, 1.807) is 22.2 Å². The SMILES string of the molecule is CCN(CC)[C@@H](C(=O)N1C[C@@H](O)C[C@H]1c1ncc(-c2ccc(-c3ccc(-c4cnc([C@@H]5C[C@H](O)CN5C(=O)[C@@H](c5ccccc5)N(CC)CC)[nH]4)cc3)cc2)[nH]1)c1ccccc1. The highest BCUT2D eigenvalue weighted by molar-refractivity contribution is 5.85. The number of hydrogen-bond acceptors (Lipinski definition) is 8. The van der Waals surface area contributed by atoms with E-state index in [1.165, 1.54) is 0 Å². The summed E-state index contributed by atoms with van der Waals surface area (Å²) in [5.41, 5.74) is 7.61. The topological polar surface area (TPSA) is 145 Å². The van der Waals surface area contributed by atoms with E-state index < -0.39 is 24.3 Å². The summed E-state index contributed by atoms with van der Waals surface area (Å²) < 4.78 is 0. The van der Waals surface area contributed by atoms with Crippen molar-refractivity contribution in [2.75, 3.05) is 39.3 Å². The maximum absolute atomic E-state index is 14.3. The van der Waals surface area contributed by atoms with Gasteiger partial charge in [-0.25, -0.2) is 9.97 Å². The molecule has 4 N–H and O–H groups in total. The van der Waals surface area contributed by atoms with Crippen LogP contribution in [-0.4, -0.2) is 113 Å². The number of H-pyrrole nitrogens is 2. The van der Waals surface area contributed by atoms with Crippen molar-refractivity contribution >= 4 is 11.8 Å². The summed E-state index contributed by atoms with van der Waals surface area (Å²) in [6, 6.07) is 34.7. The Hall–Kier alpha value is -5.92. The first-order valence-corrected chi connectivity index (χ1v) is 22.1. The average molecular weight is 835 g/mol. The number of aromatic nitrogens is 4. The molecule has 12 heteroatoms. The van der Waals surface area contributed by atoms with Gasteiger partial charge in [0.25, 0.3) is 0 Å². The van der Waals surface area contributed by atoms with Crippen LogP contribution in [-0.2, 0) is 9.59 Å². The molecule has 0 bridgehead atoms. The molecule has 322 valence electrons. The minimum absolute atomic E-state index is 0.0295. The molecule has 2 aromatic heterocycles. The first kappa shape index (κ1) is 42.8. The Morgan fingerprint density at radius 3 is 1.24 bits per heavy atom. The Morgan fingerprint density at radius 2 is 0.903 bits per heavy atom. The zero-order valence-corrected chi connectivity index (χ0v) is 36.1. The molecule has 62 heavy (non-hydrogen) atoms. The van der Waals surface area contributed by atoms with Gasteiger partial charge >= 0.3 is 0 Å². The van der Waals surface area contributed by atoms with Gasteiger partial charge < -0.3 is 30.0 Å². The van der Waals surface area contributed by atoms with Crippen LogP contribution < -0.4 is 0 Å². The summed E-state index contributed by atoms with van der Waals surface area (Å²) in [6.45, 7) is 11.7. The van der Waals surface area contributed by atoms with Crippen molar-refractivity contribution in [1.82, 2.24) is 39.5 Å². The number of benzene rings is 4. The highest BCUT2D eigenvalue weighted by Crippen LogP contribution is 2.38. The van der Waals surface area contributed by atoms with E-state index in [0.29, 0.717) is 24.5 Å². The number of nitrogens with zero attached hydrogens (tertiary/aromatic N) is 6. The number of nitrogens with one attached hydrogen (secondary N) is 2. The lowest BCUT2D eigenvalue weighted by molar-refractivity contribution is -0.139. The number of aliphatic hydroxyl groups excluding tert-OH is 2. The van der Waals surface area contributed by atoms with Crippen LogP contribution in [0.1, 0.15) is 87.5 Å². The van der Waals surface area contributed by atoms with Crippen molar-refractivity contribution in [3.8, 4) is 33.6 Å². The molecule has 0 radical (unpaired) electrons. The van der Waals surface area contributed by atoms with Crippen molar-refractivity contribution in [2.45, 2.75) is 76.9 Å². The third-order valence-corrected chi connectivity index (χ3v) is 12.7. The Morgan fingerprint density at radius 1 is 0.565 bits per heavy atom. The van der Waals surface area contributed by atoms with E-state index in [-0.39, 0.29) is 37.0 Å². The molecule has 0 aliphatic carbocycles. The van der Waals surface area contributed by atoms with E-state index in [4.69, 9.17) is 9.97 Å². The lowest BCUT2D eigenvalue weighted by atomic mass is 10.0. The predicted molar refractivity (Wildman–Crippen MR) is 241 cm³/mol. The number of likely N-dealkylation sites (tertiary alicyclic amines) is 2. The third kappa shape index (κ3) is 8.73. The fourth-order valence-corrected chi connectivity index (χ4v) is 9.40. The van der Waals surface area contributed by atoms with Gasteiger partial charge in [0, 0.05) is 25.9 Å². The van der Waals surface area contributed by atoms with Gasteiger partial charge in [0.05, 0.1) is 48.1 Å². The molecular weight excluding hydrogens is 777 g/mol.